The van der Waals surface area contributed by atoms with E-state index in [1.54, 1.807) is 0 Å². The molecule has 0 spiro atoms. The van der Waals surface area contributed by atoms with Gasteiger partial charge in [0.2, 0.25) is 0 Å². The third-order valence-electron chi connectivity index (χ3n) is 3.65. The molecule has 1 aliphatic rings. The Balaban J connectivity index is 1.93. The lowest BCUT2D eigenvalue weighted by Crippen LogP contribution is -2.30. The van der Waals surface area contributed by atoms with Crippen LogP contribution in [0.5, 0.6) is 0 Å². The van der Waals surface area contributed by atoms with Gasteiger partial charge in [0.15, 0.2) is 0 Å². The topological polar surface area (TPSA) is 51.2 Å². The molecule has 1 aromatic heterocycles. The number of esters is 1. The molecule has 1 heterocycles. The van der Waals surface area contributed by atoms with Gasteiger partial charge in [0.25, 0.3) is 0 Å². The zero-order valence-corrected chi connectivity index (χ0v) is 11.6. The van der Waals surface area contributed by atoms with Gasteiger partial charge in [-0.25, -0.2) is 4.98 Å². The number of alkyl halides is 3. The van der Waals surface area contributed by atoms with Crippen molar-refractivity contribution in [2.24, 2.45) is 5.92 Å². The van der Waals surface area contributed by atoms with Crippen molar-refractivity contribution in [3.05, 3.63) is 23.9 Å². The Morgan fingerprint density at radius 3 is 2.52 bits per heavy atom. The van der Waals surface area contributed by atoms with Crippen LogP contribution in [0.2, 0.25) is 0 Å². The maximum Gasteiger partial charge on any atom is 0.433 e. The number of nitrogens with zero attached hydrogens (tertiary/aromatic N) is 1. The van der Waals surface area contributed by atoms with Gasteiger partial charge in [-0.05, 0) is 37.8 Å². The molecule has 1 aliphatic carbocycles. The van der Waals surface area contributed by atoms with Crippen molar-refractivity contribution < 1.29 is 22.7 Å². The van der Waals surface area contributed by atoms with Crippen LogP contribution < -0.4 is 5.32 Å². The predicted octanol–water partition coefficient (Wildman–Crippen LogP) is 3.24. The minimum absolute atomic E-state index is 0.0295. The van der Waals surface area contributed by atoms with E-state index in [0.29, 0.717) is 25.7 Å². The summed E-state index contributed by atoms with van der Waals surface area (Å²) in [6.07, 6.45) is -1.69. The maximum absolute atomic E-state index is 12.6. The molecule has 21 heavy (non-hydrogen) atoms. The van der Waals surface area contributed by atoms with Gasteiger partial charge in [-0.15, -0.1) is 0 Å². The summed E-state index contributed by atoms with van der Waals surface area (Å²) in [7, 11) is 1.36. The Morgan fingerprint density at radius 1 is 1.29 bits per heavy atom. The molecule has 116 valence electrons. The Bertz CT molecular complexity index is 497. The third kappa shape index (κ3) is 4.09. The molecule has 4 nitrogen and oxygen atoms in total. The van der Waals surface area contributed by atoms with Crippen molar-refractivity contribution in [2.75, 3.05) is 12.4 Å². The fourth-order valence-corrected chi connectivity index (χ4v) is 2.52. The summed E-state index contributed by atoms with van der Waals surface area (Å²) in [6, 6.07) is 3.82. The zero-order valence-electron chi connectivity index (χ0n) is 11.6. The van der Waals surface area contributed by atoms with E-state index >= 15 is 0 Å². The number of hydrogen-bond donors (Lipinski definition) is 1. The van der Waals surface area contributed by atoms with E-state index in [-0.39, 0.29) is 23.7 Å². The van der Waals surface area contributed by atoms with E-state index in [4.69, 9.17) is 4.74 Å². The van der Waals surface area contributed by atoms with Gasteiger partial charge in [-0.2, -0.15) is 13.2 Å². The second-order valence-corrected chi connectivity index (χ2v) is 5.12. The van der Waals surface area contributed by atoms with E-state index in [1.165, 1.54) is 19.2 Å². The Labute approximate surface area is 120 Å². The van der Waals surface area contributed by atoms with Crippen molar-refractivity contribution >= 4 is 11.8 Å². The van der Waals surface area contributed by atoms with E-state index < -0.39 is 11.9 Å². The molecular weight excluding hydrogens is 285 g/mol. The fraction of sp³-hybridized carbons (Fsp3) is 0.571. The van der Waals surface area contributed by atoms with Crippen LogP contribution in [0.3, 0.4) is 0 Å². The van der Waals surface area contributed by atoms with Gasteiger partial charge in [-0.1, -0.05) is 6.07 Å². The third-order valence-corrected chi connectivity index (χ3v) is 3.65. The van der Waals surface area contributed by atoms with Crippen molar-refractivity contribution in [2.45, 2.75) is 37.9 Å². The lowest BCUT2D eigenvalue weighted by molar-refractivity contribution is -0.146. The first kappa shape index (κ1) is 15.6. The first-order chi connectivity index (χ1) is 9.90. The molecule has 0 saturated heterocycles. The predicted molar refractivity (Wildman–Crippen MR) is 70.6 cm³/mol. The quantitative estimate of drug-likeness (QED) is 0.871. The molecule has 0 amide bonds. The number of rotatable bonds is 3. The smallest absolute Gasteiger partial charge is 0.433 e. The standard InChI is InChI=1S/C14H17F3N2O2/c1-21-13(20)9-5-7-10(8-6-9)18-12-4-2-3-11(19-12)14(15,16)17/h2-4,9-10H,5-8H2,1H3,(H,18,19). The molecule has 1 aromatic rings. The minimum atomic E-state index is -4.44. The summed E-state index contributed by atoms with van der Waals surface area (Å²) in [5, 5.41) is 3.01. The fourth-order valence-electron chi connectivity index (χ4n) is 2.52. The van der Waals surface area contributed by atoms with Crippen LogP contribution in [0.4, 0.5) is 19.0 Å². The second kappa shape index (κ2) is 6.32. The first-order valence-corrected chi connectivity index (χ1v) is 6.79. The molecule has 0 bridgehead atoms. The molecule has 0 aromatic carbocycles. The normalized spacial score (nSPS) is 22.7. The van der Waals surface area contributed by atoms with Gasteiger partial charge in [0, 0.05) is 6.04 Å². The molecular formula is C14H17F3N2O2. The number of halogens is 3. The van der Waals surface area contributed by atoms with Crippen LogP contribution >= 0.6 is 0 Å². The molecule has 0 atom stereocenters. The second-order valence-electron chi connectivity index (χ2n) is 5.12. The molecule has 1 saturated carbocycles. The lowest BCUT2D eigenvalue weighted by Gasteiger charge is -2.28. The van der Waals surface area contributed by atoms with Crippen LogP contribution in [0.25, 0.3) is 0 Å². The Morgan fingerprint density at radius 2 is 1.95 bits per heavy atom. The molecule has 0 unspecified atom stereocenters. The molecule has 0 aliphatic heterocycles. The van der Waals surface area contributed by atoms with Gasteiger partial charge >= 0.3 is 12.1 Å². The largest absolute Gasteiger partial charge is 0.469 e. The van der Waals surface area contributed by atoms with E-state index in [2.05, 4.69) is 10.3 Å². The monoisotopic (exact) mass is 302 g/mol. The summed E-state index contributed by atoms with van der Waals surface area (Å²) in [5.74, 6) is -0.112. The average Bonchev–Trinajstić information content (AvgIpc) is 2.47. The molecule has 7 heteroatoms. The van der Waals surface area contributed by atoms with Gasteiger partial charge in [-0.3, -0.25) is 4.79 Å². The molecule has 1 N–H and O–H groups in total. The van der Waals surface area contributed by atoms with Crippen LogP contribution in [-0.4, -0.2) is 24.1 Å². The van der Waals surface area contributed by atoms with Crippen molar-refractivity contribution in [3.8, 4) is 0 Å². The Hall–Kier alpha value is -1.79. The summed E-state index contributed by atoms with van der Waals surface area (Å²) >= 11 is 0. The highest BCUT2D eigenvalue weighted by atomic mass is 19.4. The van der Waals surface area contributed by atoms with Crippen LogP contribution in [0, 0.1) is 5.92 Å². The number of aromatic nitrogens is 1. The summed E-state index contributed by atoms with van der Waals surface area (Å²) in [5.41, 5.74) is -0.907. The van der Waals surface area contributed by atoms with Crippen LogP contribution in [0.1, 0.15) is 31.4 Å². The number of carbonyl (C=O) groups is 1. The zero-order chi connectivity index (χ0) is 15.5. The number of nitrogens with one attached hydrogen (secondary N) is 1. The van der Waals surface area contributed by atoms with Gasteiger partial charge in [0.05, 0.1) is 13.0 Å². The number of hydrogen-bond acceptors (Lipinski definition) is 4. The average molecular weight is 302 g/mol. The van der Waals surface area contributed by atoms with Crippen LogP contribution in [-0.2, 0) is 15.7 Å². The number of anilines is 1. The number of pyridine rings is 1. The highest BCUT2D eigenvalue weighted by molar-refractivity contribution is 5.72. The number of carbonyl (C=O) groups excluding carboxylic acids is 1. The summed E-state index contributed by atoms with van der Waals surface area (Å²) < 4.78 is 42.5. The highest BCUT2D eigenvalue weighted by Gasteiger charge is 2.33. The van der Waals surface area contributed by atoms with Crippen LogP contribution in [0.15, 0.2) is 18.2 Å². The van der Waals surface area contributed by atoms with Gasteiger partial charge < -0.3 is 10.1 Å². The molecule has 1 fully saturated rings. The lowest BCUT2D eigenvalue weighted by atomic mass is 9.86. The SMILES string of the molecule is COC(=O)C1CCC(Nc2cccc(C(F)(F)F)n2)CC1. The molecule has 0 radical (unpaired) electrons. The minimum Gasteiger partial charge on any atom is -0.469 e. The maximum atomic E-state index is 12.6. The summed E-state index contributed by atoms with van der Waals surface area (Å²) in [4.78, 5) is 15.0. The van der Waals surface area contributed by atoms with E-state index in [9.17, 15) is 18.0 Å². The highest BCUT2D eigenvalue weighted by Crippen LogP contribution is 2.30. The van der Waals surface area contributed by atoms with Gasteiger partial charge in [0.1, 0.15) is 11.5 Å². The molecule has 2 rings (SSSR count). The number of ether oxygens (including phenoxy) is 1. The van der Waals surface area contributed by atoms with Crippen molar-refractivity contribution in [1.29, 1.82) is 0 Å². The summed E-state index contributed by atoms with van der Waals surface area (Å²) in [6.45, 7) is 0. The first-order valence-electron chi connectivity index (χ1n) is 6.79. The van der Waals surface area contributed by atoms with Crippen molar-refractivity contribution in [1.82, 2.24) is 4.98 Å². The van der Waals surface area contributed by atoms with E-state index in [0.717, 1.165) is 6.07 Å². The Kier molecular flexibility index (Phi) is 4.69. The number of methoxy groups -OCH3 is 1. The van der Waals surface area contributed by atoms with E-state index in [1.807, 2.05) is 0 Å². The van der Waals surface area contributed by atoms with Crippen molar-refractivity contribution in [3.63, 3.8) is 0 Å².